The molecule has 0 amide bonds. The van der Waals surface area contributed by atoms with Crippen LogP contribution >= 0.6 is 11.3 Å². The van der Waals surface area contributed by atoms with E-state index in [0.717, 1.165) is 36.4 Å². The highest BCUT2D eigenvalue weighted by molar-refractivity contribution is 7.16. The minimum atomic E-state index is 0.707. The minimum Gasteiger partial charge on any atom is -0.399 e. The molecule has 1 fully saturated rings. The molecule has 3 aromatic rings. The molecule has 26 heavy (non-hydrogen) atoms. The zero-order chi connectivity index (χ0) is 18.1. The van der Waals surface area contributed by atoms with Crippen LogP contribution in [0.5, 0.6) is 0 Å². The second-order valence-corrected chi connectivity index (χ2v) is 8.25. The Hall–Kier alpha value is -2.04. The first-order valence-electron chi connectivity index (χ1n) is 9.38. The number of nitrogens with one attached hydrogen (secondary N) is 2. The monoisotopic (exact) mass is 364 g/mol. The van der Waals surface area contributed by atoms with Crippen LogP contribution in [0.25, 0.3) is 10.1 Å². The summed E-state index contributed by atoms with van der Waals surface area (Å²) in [6, 6.07) is 10.7. The van der Waals surface area contributed by atoms with Crippen LogP contribution in [0, 0.1) is 25.1 Å². The van der Waals surface area contributed by atoms with Gasteiger partial charge in [0.25, 0.3) is 0 Å². The molecule has 0 aliphatic carbocycles. The van der Waals surface area contributed by atoms with Gasteiger partial charge in [-0.3, -0.25) is 0 Å². The Bertz CT molecular complexity index is 923. The van der Waals surface area contributed by atoms with Crippen LogP contribution in [0.15, 0.2) is 30.3 Å². The zero-order valence-electron chi connectivity index (χ0n) is 15.5. The summed E-state index contributed by atoms with van der Waals surface area (Å²) in [7, 11) is 0. The lowest BCUT2D eigenvalue weighted by molar-refractivity contribution is 0.376. The standard InChI is InChI=1S/C22H26N3S/c1-14-15(2)20(7-6-19(14)23)25-22-17(12-16-4-3-10-24-13-16)5-8-21-18(22)9-11-26-21/h5-9,16,24-25H,3-4,10,12-13,23H2,1-2H3. The first-order valence-corrected chi connectivity index (χ1v) is 10.2. The van der Waals surface area contributed by atoms with Crippen molar-refractivity contribution in [2.75, 3.05) is 24.1 Å². The fraction of sp³-hybridized carbons (Fsp3) is 0.364. The summed E-state index contributed by atoms with van der Waals surface area (Å²) in [4.78, 5) is 0. The minimum absolute atomic E-state index is 0.707. The van der Waals surface area contributed by atoms with Crippen LogP contribution in [0.3, 0.4) is 0 Å². The van der Waals surface area contributed by atoms with Crippen LogP contribution in [0.2, 0.25) is 0 Å². The number of thiophene rings is 1. The Balaban J connectivity index is 1.73. The van der Waals surface area contributed by atoms with Crippen molar-refractivity contribution in [2.45, 2.75) is 33.1 Å². The normalized spacial score (nSPS) is 17.5. The molecule has 1 radical (unpaired) electrons. The summed E-state index contributed by atoms with van der Waals surface area (Å²) in [6.45, 7) is 6.50. The van der Waals surface area contributed by atoms with Gasteiger partial charge in [0.05, 0.1) is 5.69 Å². The number of hydrogen-bond acceptors (Lipinski definition) is 4. The van der Waals surface area contributed by atoms with E-state index >= 15 is 0 Å². The van der Waals surface area contributed by atoms with Crippen LogP contribution in [-0.4, -0.2) is 13.1 Å². The molecule has 135 valence electrons. The summed E-state index contributed by atoms with van der Waals surface area (Å²) in [5, 5.41) is 11.8. The van der Waals surface area contributed by atoms with Gasteiger partial charge in [-0.1, -0.05) is 6.07 Å². The van der Waals surface area contributed by atoms with E-state index in [1.54, 1.807) is 11.3 Å². The molecule has 1 aliphatic heterocycles. The van der Waals surface area contributed by atoms with Crippen molar-refractivity contribution >= 4 is 38.5 Å². The van der Waals surface area contributed by atoms with Crippen molar-refractivity contribution in [3.8, 4) is 0 Å². The van der Waals surface area contributed by atoms with Gasteiger partial charge in [0.2, 0.25) is 0 Å². The summed E-state index contributed by atoms with van der Waals surface area (Å²) in [6.07, 6.45) is 3.69. The SMILES string of the molecule is Cc1c(N)ccc(Nc2c(CC3CCCNC3)ccc3s[c]cc23)c1C. The molecular formula is C22H26N3S. The maximum atomic E-state index is 6.07. The van der Waals surface area contributed by atoms with Crippen molar-refractivity contribution < 1.29 is 0 Å². The Kier molecular flexibility index (Phi) is 4.88. The van der Waals surface area contributed by atoms with E-state index in [-0.39, 0.29) is 0 Å². The quantitative estimate of drug-likeness (QED) is 0.559. The van der Waals surface area contributed by atoms with Crippen LogP contribution < -0.4 is 16.4 Å². The van der Waals surface area contributed by atoms with Crippen molar-refractivity contribution in [3.05, 3.63) is 52.4 Å². The summed E-state index contributed by atoms with van der Waals surface area (Å²) >= 11 is 1.68. The third-order valence-corrected chi connectivity index (χ3v) is 6.47. The number of fused-ring (bicyclic) bond motifs is 1. The van der Waals surface area contributed by atoms with E-state index in [1.165, 1.54) is 39.7 Å². The predicted molar refractivity (Wildman–Crippen MR) is 114 cm³/mol. The molecular weight excluding hydrogens is 338 g/mol. The molecule has 4 heteroatoms. The second kappa shape index (κ2) is 7.29. The molecule has 2 aromatic carbocycles. The molecule has 4 rings (SSSR count). The van der Waals surface area contributed by atoms with Gasteiger partial charge in [-0.15, -0.1) is 11.3 Å². The van der Waals surface area contributed by atoms with E-state index in [1.807, 2.05) is 6.07 Å². The van der Waals surface area contributed by atoms with Crippen molar-refractivity contribution in [3.63, 3.8) is 0 Å². The molecule has 1 aliphatic rings. The molecule has 2 heterocycles. The lowest BCUT2D eigenvalue weighted by Gasteiger charge is -2.24. The van der Waals surface area contributed by atoms with Gasteiger partial charge < -0.3 is 16.4 Å². The third kappa shape index (κ3) is 3.31. The fourth-order valence-corrected chi connectivity index (χ4v) is 4.58. The maximum Gasteiger partial charge on any atom is 0.0505 e. The van der Waals surface area contributed by atoms with Crippen molar-refractivity contribution in [2.24, 2.45) is 5.92 Å². The molecule has 1 aromatic heterocycles. The molecule has 1 atom stereocenters. The number of hydrogen-bond donors (Lipinski definition) is 3. The van der Waals surface area contributed by atoms with Crippen LogP contribution in [0.1, 0.15) is 29.5 Å². The molecule has 1 unspecified atom stereocenters. The van der Waals surface area contributed by atoms with E-state index in [0.29, 0.717) is 5.92 Å². The number of nitrogen functional groups attached to an aromatic ring is 1. The van der Waals surface area contributed by atoms with Crippen molar-refractivity contribution in [1.29, 1.82) is 0 Å². The van der Waals surface area contributed by atoms with E-state index < -0.39 is 0 Å². The predicted octanol–water partition coefficient (Wildman–Crippen LogP) is 5.19. The second-order valence-electron chi connectivity index (χ2n) is 7.37. The summed E-state index contributed by atoms with van der Waals surface area (Å²) in [5.41, 5.74) is 13.1. The number of piperidine rings is 1. The summed E-state index contributed by atoms with van der Waals surface area (Å²) in [5.74, 6) is 0.707. The van der Waals surface area contributed by atoms with Crippen LogP contribution in [-0.2, 0) is 6.42 Å². The molecule has 0 bridgehead atoms. The zero-order valence-corrected chi connectivity index (χ0v) is 16.3. The van der Waals surface area contributed by atoms with E-state index in [2.05, 4.69) is 54.1 Å². The first kappa shape index (κ1) is 17.4. The maximum absolute atomic E-state index is 6.07. The molecule has 3 nitrogen and oxygen atoms in total. The Morgan fingerprint density at radius 1 is 1.23 bits per heavy atom. The first-order chi connectivity index (χ1) is 12.6. The number of nitrogens with two attached hydrogens (primary N) is 1. The van der Waals surface area contributed by atoms with E-state index in [4.69, 9.17) is 5.73 Å². The van der Waals surface area contributed by atoms with Crippen molar-refractivity contribution in [1.82, 2.24) is 5.32 Å². The lowest BCUT2D eigenvalue weighted by atomic mass is 9.91. The van der Waals surface area contributed by atoms with E-state index in [9.17, 15) is 0 Å². The number of benzene rings is 2. The average molecular weight is 365 g/mol. The smallest absolute Gasteiger partial charge is 0.0505 e. The van der Waals surface area contributed by atoms with Gasteiger partial charge in [-0.2, -0.15) is 0 Å². The highest BCUT2D eigenvalue weighted by Crippen LogP contribution is 2.36. The largest absolute Gasteiger partial charge is 0.399 e. The van der Waals surface area contributed by atoms with Gasteiger partial charge in [0, 0.05) is 26.8 Å². The number of anilines is 3. The van der Waals surface area contributed by atoms with Gasteiger partial charge in [0.1, 0.15) is 0 Å². The fourth-order valence-electron chi connectivity index (χ4n) is 3.87. The highest BCUT2D eigenvalue weighted by atomic mass is 32.1. The highest BCUT2D eigenvalue weighted by Gasteiger charge is 2.18. The lowest BCUT2D eigenvalue weighted by Crippen LogP contribution is -2.30. The van der Waals surface area contributed by atoms with Gasteiger partial charge >= 0.3 is 0 Å². The Morgan fingerprint density at radius 2 is 2.12 bits per heavy atom. The number of rotatable bonds is 4. The van der Waals surface area contributed by atoms with Gasteiger partial charge in [-0.05, 0) is 93.1 Å². The van der Waals surface area contributed by atoms with Gasteiger partial charge in [-0.25, -0.2) is 0 Å². The summed E-state index contributed by atoms with van der Waals surface area (Å²) < 4.78 is 1.28. The molecule has 0 saturated carbocycles. The molecule has 4 N–H and O–H groups in total. The van der Waals surface area contributed by atoms with Gasteiger partial charge in [0.15, 0.2) is 0 Å². The Morgan fingerprint density at radius 3 is 2.92 bits per heavy atom. The Labute approximate surface area is 159 Å². The molecule has 0 spiro atoms. The topological polar surface area (TPSA) is 50.1 Å². The third-order valence-electron chi connectivity index (χ3n) is 5.66. The molecule has 1 saturated heterocycles. The van der Waals surface area contributed by atoms with Crippen LogP contribution in [0.4, 0.5) is 17.1 Å². The average Bonchev–Trinajstić information content (AvgIpc) is 3.13.